The van der Waals surface area contributed by atoms with Gasteiger partial charge in [-0.15, -0.1) is 0 Å². The number of aromatic amines is 1. The lowest BCUT2D eigenvalue weighted by Crippen LogP contribution is -1.74. The number of hydrogen-bond donors (Lipinski definition) is 2. The highest BCUT2D eigenvalue weighted by Crippen LogP contribution is 2.15. The topological polar surface area (TPSA) is 36.0 Å². The van der Waals surface area contributed by atoms with E-state index in [-0.39, 0.29) is 0 Å². The van der Waals surface area contributed by atoms with E-state index in [0.717, 1.165) is 17.7 Å². The molecule has 0 atom stereocenters. The van der Waals surface area contributed by atoms with Crippen molar-refractivity contribution in [3.63, 3.8) is 0 Å². The first-order chi connectivity index (χ1) is 4.24. The Morgan fingerprint density at radius 1 is 1.67 bits per heavy atom. The molecule has 0 aliphatic carbocycles. The minimum Gasteiger partial charge on any atom is -0.494 e. The van der Waals surface area contributed by atoms with Crippen molar-refractivity contribution < 1.29 is 5.11 Å². The maximum atomic E-state index is 9.02. The zero-order chi connectivity index (χ0) is 6.85. The number of aromatic hydroxyl groups is 1. The van der Waals surface area contributed by atoms with E-state index in [2.05, 4.69) is 4.98 Å². The molecular weight excluding hydrogens is 114 g/mol. The van der Waals surface area contributed by atoms with Gasteiger partial charge in [0.15, 0.2) is 5.88 Å². The number of rotatable bonds is 1. The van der Waals surface area contributed by atoms with Gasteiger partial charge in [-0.3, -0.25) is 0 Å². The molecule has 0 bridgehead atoms. The van der Waals surface area contributed by atoms with Crippen LogP contribution in [0.1, 0.15) is 18.2 Å². The number of nitrogens with one attached hydrogen (secondary N) is 1. The summed E-state index contributed by atoms with van der Waals surface area (Å²) in [6, 6.07) is 1.95. The van der Waals surface area contributed by atoms with Crippen LogP contribution in [0.3, 0.4) is 0 Å². The second kappa shape index (κ2) is 2.13. The summed E-state index contributed by atoms with van der Waals surface area (Å²) < 4.78 is 0. The third-order valence-electron chi connectivity index (χ3n) is 1.42. The largest absolute Gasteiger partial charge is 0.494 e. The first-order valence-corrected chi connectivity index (χ1v) is 3.11. The predicted octanol–water partition coefficient (Wildman–Crippen LogP) is 1.59. The van der Waals surface area contributed by atoms with Crippen molar-refractivity contribution >= 4 is 0 Å². The summed E-state index contributed by atoms with van der Waals surface area (Å²) in [5.74, 6) is 0.298. The molecule has 0 saturated carbocycles. The van der Waals surface area contributed by atoms with Crippen molar-refractivity contribution in [3.8, 4) is 5.88 Å². The van der Waals surface area contributed by atoms with E-state index >= 15 is 0 Å². The van der Waals surface area contributed by atoms with E-state index in [4.69, 9.17) is 5.11 Å². The molecule has 0 amide bonds. The van der Waals surface area contributed by atoms with Crippen molar-refractivity contribution in [2.24, 2.45) is 0 Å². The van der Waals surface area contributed by atoms with Crippen LogP contribution in [0.15, 0.2) is 6.07 Å². The zero-order valence-electron chi connectivity index (χ0n) is 5.73. The summed E-state index contributed by atoms with van der Waals surface area (Å²) >= 11 is 0. The van der Waals surface area contributed by atoms with Gasteiger partial charge in [0, 0.05) is 11.3 Å². The number of H-pyrrole nitrogens is 1. The summed E-state index contributed by atoms with van der Waals surface area (Å²) in [7, 11) is 0. The second-order valence-electron chi connectivity index (χ2n) is 2.18. The van der Waals surface area contributed by atoms with Crippen LogP contribution < -0.4 is 0 Å². The molecule has 0 radical (unpaired) electrons. The fourth-order valence-electron chi connectivity index (χ4n) is 0.807. The van der Waals surface area contributed by atoms with Crippen LogP contribution in [-0.4, -0.2) is 10.1 Å². The Morgan fingerprint density at radius 2 is 2.33 bits per heavy atom. The molecule has 2 heteroatoms. The van der Waals surface area contributed by atoms with Crippen molar-refractivity contribution in [1.82, 2.24) is 4.98 Å². The molecule has 1 rings (SSSR count). The molecule has 1 aromatic rings. The smallest absolute Gasteiger partial charge is 0.191 e. The lowest BCUT2D eigenvalue weighted by atomic mass is 10.3. The van der Waals surface area contributed by atoms with Crippen LogP contribution in [0, 0.1) is 6.92 Å². The molecular formula is C7H11NO. The van der Waals surface area contributed by atoms with E-state index in [1.807, 2.05) is 19.9 Å². The van der Waals surface area contributed by atoms with Crippen LogP contribution in [0.2, 0.25) is 0 Å². The molecule has 2 N–H and O–H groups in total. The van der Waals surface area contributed by atoms with Crippen molar-refractivity contribution in [1.29, 1.82) is 0 Å². The summed E-state index contributed by atoms with van der Waals surface area (Å²) in [6.45, 7) is 3.93. The van der Waals surface area contributed by atoms with Crippen LogP contribution in [-0.2, 0) is 6.42 Å². The maximum Gasteiger partial charge on any atom is 0.191 e. The SMILES string of the molecule is CCc1cc(C)c(O)[nH]1. The van der Waals surface area contributed by atoms with Crippen LogP contribution in [0.5, 0.6) is 5.88 Å². The van der Waals surface area contributed by atoms with Crippen molar-refractivity contribution in [2.75, 3.05) is 0 Å². The lowest BCUT2D eigenvalue weighted by Gasteiger charge is -1.84. The normalized spacial score (nSPS) is 10.0. The molecule has 0 spiro atoms. The molecule has 0 aliphatic heterocycles. The summed E-state index contributed by atoms with van der Waals surface area (Å²) in [5, 5.41) is 9.02. The van der Waals surface area contributed by atoms with Gasteiger partial charge in [0.25, 0.3) is 0 Å². The highest BCUT2D eigenvalue weighted by Gasteiger charge is 1.98. The molecule has 1 aromatic heterocycles. The Labute approximate surface area is 54.5 Å². The van der Waals surface area contributed by atoms with E-state index in [1.54, 1.807) is 0 Å². The number of aryl methyl sites for hydroxylation is 2. The Bertz CT molecular complexity index is 183. The van der Waals surface area contributed by atoms with Gasteiger partial charge in [0.2, 0.25) is 0 Å². The Balaban J connectivity index is 2.98. The average molecular weight is 125 g/mol. The fourth-order valence-corrected chi connectivity index (χ4v) is 0.807. The number of aromatic nitrogens is 1. The average Bonchev–Trinajstić information content (AvgIpc) is 2.13. The van der Waals surface area contributed by atoms with E-state index < -0.39 is 0 Å². The van der Waals surface area contributed by atoms with Crippen LogP contribution in [0.25, 0.3) is 0 Å². The van der Waals surface area contributed by atoms with Crippen molar-refractivity contribution in [2.45, 2.75) is 20.3 Å². The van der Waals surface area contributed by atoms with Gasteiger partial charge in [-0.2, -0.15) is 0 Å². The lowest BCUT2D eigenvalue weighted by molar-refractivity contribution is 0.452. The standard InChI is InChI=1S/C7H11NO/c1-3-6-4-5(2)7(9)8-6/h4,8-9H,3H2,1-2H3. The first-order valence-electron chi connectivity index (χ1n) is 3.11. The van der Waals surface area contributed by atoms with Gasteiger partial charge in [0.1, 0.15) is 0 Å². The molecule has 50 valence electrons. The minimum atomic E-state index is 0.298. The van der Waals surface area contributed by atoms with Crippen molar-refractivity contribution in [3.05, 3.63) is 17.3 Å². The molecule has 9 heavy (non-hydrogen) atoms. The highest BCUT2D eigenvalue weighted by molar-refractivity contribution is 5.28. The third kappa shape index (κ3) is 1.07. The third-order valence-corrected chi connectivity index (χ3v) is 1.42. The van der Waals surface area contributed by atoms with Crippen LogP contribution in [0.4, 0.5) is 0 Å². The van der Waals surface area contributed by atoms with Gasteiger partial charge in [-0.05, 0) is 19.4 Å². The van der Waals surface area contributed by atoms with Gasteiger partial charge in [0.05, 0.1) is 0 Å². The quantitative estimate of drug-likeness (QED) is 0.587. The molecule has 0 saturated heterocycles. The Morgan fingerprint density at radius 3 is 2.56 bits per heavy atom. The van der Waals surface area contributed by atoms with E-state index in [0.29, 0.717) is 5.88 Å². The highest BCUT2D eigenvalue weighted by atomic mass is 16.3. The van der Waals surface area contributed by atoms with Gasteiger partial charge >= 0.3 is 0 Å². The summed E-state index contributed by atoms with van der Waals surface area (Å²) in [4.78, 5) is 2.85. The summed E-state index contributed by atoms with van der Waals surface area (Å²) in [5.41, 5.74) is 2.01. The fraction of sp³-hybridized carbons (Fsp3) is 0.429. The van der Waals surface area contributed by atoms with Crippen LogP contribution >= 0.6 is 0 Å². The van der Waals surface area contributed by atoms with Gasteiger partial charge in [-0.25, -0.2) is 0 Å². The minimum absolute atomic E-state index is 0.298. The molecule has 1 heterocycles. The molecule has 0 aliphatic rings. The number of hydrogen-bond acceptors (Lipinski definition) is 1. The summed E-state index contributed by atoms with van der Waals surface area (Å²) in [6.07, 6.45) is 0.946. The van der Waals surface area contributed by atoms with Gasteiger partial charge in [-0.1, -0.05) is 6.92 Å². The molecule has 0 fully saturated rings. The zero-order valence-corrected chi connectivity index (χ0v) is 5.73. The van der Waals surface area contributed by atoms with Gasteiger partial charge < -0.3 is 10.1 Å². The molecule has 0 unspecified atom stereocenters. The second-order valence-corrected chi connectivity index (χ2v) is 2.18. The molecule has 2 nitrogen and oxygen atoms in total. The Hall–Kier alpha value is -0.920. The Kier molecular flexibility index (Phi) is 1.47. The van der Waals surface area contributed by atoms with E-state index in [9.17, 15) is 0 Å². The predicted molar refractivity (Wildman–Crippen MR) is 36.6 cm³/mol. The first kappa shape index (κ1) is 6.20. The monoisotopic (exact) mass is 125 g/mol. The maximum absolute atomic E-state index is 9.02. The van der Waals surface area contributed by atoms with E-state index in [1.165, 1.54) is 0 Å². The molecule has 0 aromatic carbocycles.